The second kappa shape index (κ2) is 6.02. The maximum Gasteiger partial charge on any atom is 0.238 e. The van der Waals surface area contributed by atoms with Gasteiger partial charge in [0.25, 0.3) is 0 Å². The number of aryl methyl sites for hydroxylation is 2. The van der Waals surface area contributed by atoms with Gasteiger partial charge >= 0.3 is 0 Å². The molecule has 112 valence electrons. The Morgan fingerprint density at radius 2 is 2.19 bits per heavy atom. The molecule has 0 aliphatic carbocycles. The first-order valence-electron chi connectivity index (χ1n) is 6.13. The van der Waals surface area contributed by atoms with E-state index in [0.29, 0.717) is 12.2 Å². The fourth-order valence-corrected chi connectivity index (χ4v) is 2.23. The summed E-state index contributed by atoms with van der Waals surface area (Å²) in [5, 5.41) is 15.1. The van der Waals surface area contributed by atoms with Crippen LogP contribution in [0.15, 0.2) is 35.5 Å². The lowest BCUT2D eigenvalue weighted by atomic mass is 10.2. The molecule has 1 aromatic carbocycles. The van der Waals surface area contributed by atoms with Gasteiger partial charge in [0.05, 0.1) is 17.6 Å². The van der Waals surface area contributed by atoms with Gasteiger partial charge in [-0.2, -0.15) is 0 Å². The first kappa shape index (κ1) is 15.1. The molecule has 0 spiro atoms. The number of carbonyl (C=O) groups excluding carboxylic acids is 1. The van der Waals surface area contributed by atoms with Gasteiger partial charge in [0.2, 0.25) is 15.9 Å². The number of primary sulfonamides is 1. The number of hydrogen-bond donors (Lipinski definition) is 2. The molecule has 1 amide bonds. The van der Waals surface area contributed by atoms with Crippen molar-refractivity contribution < 1.29 is 13.2 Å². The standard InChI is InChI=1S/C12H15N5O3S/c1-9-2-3-10(21(13,19)20)8-11(9)15-12(18)4-6-17-7-5-14-16-17/h2-3,5,7-8H,4,6H2,1H3,(H,15,18)(H2,13,19,20). The monoisotopic (exact) mass is 309 g/mol. The summed E-state index contributed by atoms with van der Waals surface area (Å²) in [6, 6.07) is 4.33. The third kappa shape index (κ3) is 4.10. The zero-order chi connectivity index (χ0) is 15.5. The van der Waals surface area contributed by atoms with Crippen LogP contribution >= 0.6 is 0 Å². The molecule has 0 saturated carbocycles. The highest BCUT2D eigenvalue weighted by Gasteiger charge is 2.11. The molecule has 1 heterocycles. The lowest BCUT2D eigenvalue weighted by Gasteiger charge is -2.10. The van der Waals surface area contributed by atoms with Gasteiger partial charge < -0.3 is 5.32 Å². The summed E-state index contributed by atoms with van der Waals surface area (Å²) in [5.41, 5.74) is 1.17. The van der Waals surface area contributed by atoms with Crippen molar-refractivity contribution in [1.29, 1.82) is 0 Å². The molecule has 21 heavy (non-hydrogen) atoms. The average Bonchev–Trinajstić information content (AvgIpc) is 2.91. The van der Waals surface area contributed by atoms with Gasteiger partial charge in [-0.3, -0.25) is 9.48 Å². The first-order valence-corrected chi connectivity index (χ1v) is 7.68. The highest BCUT2D eigenvalue weighted by atomic mass is 32.2. The minimum Gasteiger partial charge on any atom is -0.326 e. The van der Waals surface area contributed by atoms with E-state index < -0.39 is 10.0 Å². The van der Waals surface area contributed by atoms with Crippen LogP contribution in [-0.2, 0) is 21.4 Å². The molecule has 0 fully saturated rings. The summed E-state index contributed by atoms with van der Waals surface area (Å²) in [6.07, 6.45) is 3.38. The van der Waals surface area contributed by atoms with Crippen molar-refractivity contribution in [2.45, 2.75) is 24.8 Å². The third-order valence-corrected chi connectivity index (χ3v) is 3.76. The van der Waals surface area contributed by atoms with E-state index in [4.69, 9.17) is 5.14 Å². The first-order chi connectivity index (χ1) is 9.86. The van der Waals surface area contributed by atoms with Crippen molar-refractivity contribution >= 4 is 21.6 Å². The molecule has 9 heteroatoms. The Bertz CT molecular complexity index is 740. The predicted molar refractivity (Wildman–Crippen MR) is 75.8 cm³/mol. The molecule has 0 atom stereocenters. The van der Waals surface area contributed by atoms with Crippen LogP contribution in [0, 0.1) is 6.92 Å². The summed E-state index contributed by atoms with van der Waals surface area (Å²) in [7, 11) is -3.80. The van der Waals surface area contributed by atoms with Crippen molar-refractivity contribution in [2.75, 3.05) is 5.32 Å². The fraction of sp³-hybridized carbons (Fsp3) is 0.250. The van der Waals surface area contributed by atoms with Gasteiger partial charge in [-0.1, -0.05) is 11.3 Å². The second-order valence-electron chi connectivity index (χ2n) is 4.49. The quantitative estimate of drug-likeness (QED) is 0.821. The lowest BCUT2D eigenvalue weighted by Crippen LogP contribution is -2.17. The molecule has 0 radical (unpaired) electrons. The van der Waals surface area contributed by atoms with Gasteiger partial charge in [0.15, 0.2) is 0 Å². The van der Waals surface area contributed by atoms with Gasteiger partial charge in [-0.25, -0.2) is 13.6 Å². The van der Waals surface area contributed by atoms with E-state index in [1.54, 1.807) is 19.2 Å². The number of nitrogens with zero attached hydrogens (tertiary/aromatic N) is 3. The van der Waals surface area contributed by atoms with E-state index in [1.807, 2.05) is 0 Å². The second-order valence-corrected chi connectivity index (χ2v) is 6.05. The van der Waals surface area contributed by atoms with Gasteiger partial charge in [0, 0.05) is 18.3 Å². The molecule has 0 saturated heterocycles. The van der Waals surface area contributed by atoms with Crippen molar-refractivity contribution in [2.24, 2.45) is 5.14 Å². The minimum atomic E-state index is -3.80. The van der Waals surface area contributed by atoms with Crippen LogP contribution in [0.25, 0.3) is 0 Å². The number of carbonyl (C=O) groups is 1. The summed E-state index contributed by atoms with van der Waals surface area (Å²) < 4.78 is 24.2. The maximum absolute atomic E-state index is 11.9. The molecule has 0 aliphatic heterocycles. The summed E-state index contributed by atoms with van der Waals surface area (Å²) >= 11 is 0. The summed E-state index contributed by atoms with van der Waals surface area (Å²) in [4.78, 5) is 11.8. The number of benzene rings is 1. The number of nitrogens with one attached hydrogen (secondary N) is 1. The minimum absolute atomic E-state index is 0.0420. The Morgan fingerprint density at radius 1 is 1.43 bits per heavy atom. The predicted octanol–water partition coefficient (Wildman–Crippen LogP) is 0.263. The van der Waals surface area contributed by atoms with Crippen molar-refractivity contribution in [1.82, 2.24) is 15.0 Å². The fourth-order valence-electron chi connectivity index (χ4n) is 1.69. The zero-order valence-electron chi connectivity index (χ0n) is 11.4. The number of hydrogen-bond acceptors (Lipinski definition) is 5. The molecule has 0 unspecified atom stereocenters. The summed E-state index contributed by atoms with van der Waals surface area (Å²) in [5.74, 6) is -0.250. The molecular formula is C12H15N5O3S. The third-order valence-electron chi connectivity index (χ3n) is 2.85. The van der Waals surface area contributed by atoms with Gasteiger partial charge in [-0.15, -0.1) is 5.10 Å². The molecule has 2 rings (SSSR count). The smallest absolute Gasteiger partial charge is 0.238 e. The topological polar surface area (TPSA) is 120 Å². The molecule has 1 aromatic heterocycles. The largest absolute Gasteiger partial charge is 0.326 e. The van der Waals surface area contributed by atoms with Gasteiger partial charge in [-0.05, 0) is 24.6 Å². The molecule has 0 aliphatic rings. The van der Waals surface area contributed by atoms with Crippen LogP contribution in [0.5, 0.6) is 0 Å². The highest BCUT2D eigenvalue weighted by molar-refractivity contribution is 7.89. The number of nitrogens with two attached hydrogens (primary N) is 1. The Kier molecular flexibility index (Phi) is 4.34. The van der Waals surface area contributed by atoms with Crippen molar-refractivity contribution in [3.05, 3.63) is 36.2 Å². The number of aromatic nitrogens is 3. The van der Waals surface area contributed by atoms with Crippen LogP contribution in [-0.4, -0.2) is 29.3 Å². The SMILES string of the molecule is Cc1ccc(S(N)(=O)=O)cc1NC(=O)CCn1ccnn1. The molecule has 0 bridgehead atoms. The van der Waals surface area contributed by atoms with Crippen LogP contribution in [0.4, 0.5) is 5.69 Å². The van der Waals surface area contributed by atoms with E-state index in [1.165, 1.54) is 23.0 Å². The average molecular weight is 309 g/mol. The van der Waals surface area contributed by atoms with Crippen LogP contribution in [0.1, 0.15) is 12.0 Å². The van der Waals surface area contributed by atoms with E-state index in [9.17, 15) is 13.2 Å². The molecule has 2 aromatic rings. The van der Waals surface area contributed by atoms with E-state index in [2.05, 4.69) is 15.6 Å². The Morgan fingerprint density at radius 3 is 2.81 bits per heavy atom. The maximum atomic E-state index is 11.9. The number of anilines is 1. The lowest BCUT2D eigenvalue weighted by molar-refractivity contribution is -0.116. The van der Waals surface area contributed by atoms with Crippen molar-refractivity contribution in [3.63, 3.8) is 0 Å². The summed E-state index contributed by atoms with van der Waals surface area (Å²) in [6.45, 7) is 2.15. The van der Waals surface area contributed by atoms with Crippen LogP contribution in [0.3, 0.4) is 0 Å². The Labute approximate surface area is 122 Å². The Balaban J connectivity index is 2.06. The zero-order valence-corrected chi connectivity index (χ0v) is 12.2. The number of rotatable bonds is 5. The molecule has 3 N–H and O–H groups in total. The molecule has 8 nitrogen and oxygen atoms in total. The van der Waals surface area contributed by atoms with Gasteiger partial charge in [0.1, 0.15) is 0 Å². The van der Waals surface area contributed by atoms with E-state index in [-0.39, 0.29) is 17.2 Å². The van der Waals surface area contributed by atoms with Crippen molar-refractivity contribution in [3.8, 4) is 0 Å². The Hall–Kier alpha value is -2.26. The molecular weight excluding hydrogens is 294 g/mol. The van der Waals surface area contributed by atoms with E-state index in [0.717, 1.165) is 5.56 Å². The normalized spacial score (nSPS) is 11.3. The number of amides is 1. The number of sulfonamides is 1. The van der Waals surface area contributed by atoms with E-state index >= 15 is 0 Å². The van der Waals surface area contributed by atoms with Crippen LogP contribution in [0.2, 0.25) is 0 Å². The highest BCUT2D eigenvalue weighted by Crippen LogP contribution is 2.19. The van der Waals surface area contributed by atoms with Crippen LogP contribution < -0.4 is 10.5 Å².